The number of benzene rings is 2. The first-order valence-electron chi connectivity index (χ1n) is 12.0. The predicted molar refractivity (Wildman–Crippen MR) is 134 cm³/mol. The highest BCUT2D eigenvalue weighted by Crippen LogP contribution is 2.24. The third-order valence-electron chi connectivity index (χ3n) is 6.32. The molecule has 7 heteroatoms. The first-order valence-corrected chi connectivity index (χ1v) is 12.3. The van der Waals surface area contributed by atoms with E-state index in [-0.39, 0.29) is 23.9 Å². The summed E-state index contributed by atoms with van der Waals surface area (Å²) in [5, 5.41) is 0.689. The predicted octanol–water partition coefficient (Wildman–Crippen LogP) is 4.96. The lowest BCUT2D eigenvalue weighted by Gasteiger charge is -2.37. The van der Waals surface area contributed by atoms with Gasteiger partial charge in [-0.05, 0) is 41.8 Å². The van der Waals surface area contributed by atoms with Gasteiger partial charge < -0.3 is 14.4 Å². The Balaban J connectivity index is 1.61. The van der Waals surface area contributed by atoms with Crippen LogP contribution in [0.25, 0.3) is 0 Å². The van der Waals surface area contributed by atoms with Gasteiger partial charge in [-0.1, -0.05) is 56.1 Å². The van der Waals surface area contributed by atoms with Crippen LogP contribution in [0.3, 0.4) is 0 Å². The Morgan fingerprint density at radius 2 is 1.65 bits per heavy atom. The first-order chi connectivity index (χ1) is 16.4. The molecule has 2 aromatic carbocycles. The van der Waals surface area contributed by atoms with E-state index in [1.165, 1.54) is 7.11 Å². The van der Waals surface area contributed by atoms with Crippen molar-refractivity contribution < 1.29 is 19.1 Å². The smallest absolute Gasteiger partial charge is 0.337 e. The van der Waals surface area contributed by atoms with Crippen molar-refractivity contribution in [1.82, 2.24) is 9.80 Å². The average Bonchev–Trinajstić information content (AvgIpc) is 2.87. The molecule has 0 unspecified atom stereocenters. The van der Waals surface area contributed by atoms with Crippen LogP contribution in [-0.4, -0.2) is 61.5 Å². The van der Waals surface area contributed by atoms with E-state index in [0.29, 0.717) is 17.2 Å². The van der Waals surface area contributed by atoms with Crippen molar-refractivity contribution >= 4 is 23.5 Å². The standard InChI is InChI=1S/C27H35ClN2O4/c1-4-5-20(2)26(31)30-16-14-29(15-17-30)18-25(22-10-12-24(28)13-11-22)34-19-21-6-8-23(9-7-21)27(32)33-3/h6-13,20,25H,4-5,14-19H2,1-3H3/t20-,25+/m0/s1. The fraction of sp³-hybridized carbons (Fsp3) is 0.481. The summed E-state index contributed by atoms with van der Waals surface area (Å²) >= 11 is 6.10. The van der Waals surface area contributed by atoms with Gasteiger partial charge >= 0.3 is 5.97 Å². The molecule has 0 bridgehead atoms. The Kier molecular flexibility index (Phi) is 9.93. The summed E-state index contributed by atoms with van der Waals surface area (Å²) in [6, 6.07) is 15.0. The van der Waals surface area contributed by atoms with E-state index in [1.807, 2.05) is 48.2 Å². The summed E-state index contributed by atoms with van der Waals surface area (Å²) in [5.74, 6) is 0.00268. The topological polar surface area (TPSA) is 59.1 Å². The quantitative estimate of drug-likeness (QED) is 0.444. The maximum atomic E-state index is 12.7. The number of methoxy groups -OCH3 is 1. The maximum absolute atomic E-state index is 12.7. The molecule has 184 valence electrons. The SMILES string of the molecule is CCC[C@H](C)C(=O)N1CCN(C[C@@H](OCc2ccc(C(=O)OC)cc2)c2ccc(Cl)cc2)CC1. The molecule has 1 amide bonds. The fourth-order valence-electron chi connectivity index (χ4n) is 4.24. The zero-order valence-electron chi connectivity index (χ0n) is 20.3. The molecular formula is C27H35ClN2O4. The van der Waals surface area contributed by atoms with Gasteiger partial charge in [0.15, 0.2) is 0 Å². The van der Waals surface area contributed by atoms with Crippen molar-refractivity contribution in [3.05, 3.63) is 70.2 Å². The number of ether oxygens (including phenoxy) is 2. The molecule has 1 aliphatic heterocycles. The Morgan fingerprint density at radius 1 is 1.00 bits per heavy atom. The molecule has 3 rings (SSSR count). The number of nitrogens with zero attached hydrogens (tertiary/aromatic N) is 2. The summed E-state index contributed by atoms with van der Waals surface area (Å²) in [6.45, 7) is 8.44. The molecule has 0 saturated carbocycles. The number of hydrogen-bond donors (Lipinski definition) is 0. The van der Waals surface area contributed by atoms with Gasteiger partial charge in [-0.2, -0.15) is 0 Å². The van der Waals surface area contributed by atoms with Gasteiger partial charge in [-0.25, -0.2) is 4.79 Å². The third kappa shape index (κ3) is 7.29. The van der Waals surface area contributed by atoms with Crippen molar-refractivity contribution in [3.8, 4) is 0 Å². The fourth-order valence-corrected chi connectivity index (χ4v) is 4.36. The van der Waals surface area contributed by atoms with Gasteiger partial charge in [-0.15, -0.1) is 0 Å². The van der Waals surface area contributed by atoms with Crippen molar-refractivity contribution in [2.75, 3.05) is 39.8 Å². The molecule has 1 saturated heterocycles. The summed E-state index contributed by atoms with van der Waals surface area (Å²) < 4.78 is 11.1. The zero-order valence-corrected chi connectivity index (χ0v) is 21.1. The minimum atomic E-state index is -0.353. The number of carbonyl (C=O) groups is 2. The van der Waals surface area contributed by atoms with Crippen LogP contribution in [0, 0.1) is 5.92 Å². The molecule has 0 aliphatic carbocycles. The van der Waals surface area contributed by atoms with Crippen LogP contribution in [0.4, 0.5) is 0 Å². The van der Waals surface area contributed by atoms with Crippen LogP contribution < -0.4 is 0 Å². The van der Waals surface area contributed by atoms with E-state index >= 15 is 0 Å². The molecule has 6 nitrogen and oxygen atoms in total. The van der Waals surface area contributed by atoms with Crippen LogP contribution in [-0.2, 0) is 20.9 Å². The first kappa shape index (κ1) is 26.2. The number of hydrogen-bond acceptors (Lipinski definition) is 5. The van der Waals surface area contributed by atoms with E-state index in [9.17, 15) is 9.59 Å². The van der Waals surface area contributed by atoms with Gasteiger partial charge in [0, 0.05) is 43.7 Å². The van der Waals surface area contributed by atoms with E-state index < -0.39 is 0 Å². The van der Waals surface area contributed by atoms with E-state index in [4.69, 9.17) is 21.1 Å². The molecule has 0 N–H and O–H groups in total. The molecule has 2 atom stereocenters. The highest BCUT2D eigenvalue weighted by molar-refractivity contribution is 6.30. The van der Waals surface area contributed by atoms with Crippen LogP contribution in [0.2, 0.25) is 5.02 Å². The van der Waals surface area contributed by atoms with Crippen LogP contribution in [0.1, 0.15) is 54.3 Å². The van der Waals surface area contributed by atoms with E-state index in [0.717, 1.165) is 56.7 Å². The lowest BCUT2D eigenvalue weighted by molar-refractivity contribution is -0.137. The molecule has 1 heterocycles. The third-order valence-corrected chi connectivity index (χ3v) is 6.57. The van der Waals surface area contributed by atoms with Crippen LogP contribution in [0.15, 0.2) is 48.5 Å². The van der Waals surface area contributed by atoms with Gasteiger partial charge in [0.1, 0.15) is 0 Å². The summed E-state index contributed by atoms with van der Waals surface area (Å²) in [7, 11) is 1.37. The Hall–Kier alpha value is -2.41. The van der Waals surface area contributed by atoms with Gasteiger partial charge in [0.25, 0.3) is 0 Å². The molecular weight excluding hydrogens is 452 g/mol. The normalized spacial score (nSPS) is 16.2. The van der Waals surface area contributed by atoms with Crippen molar-refractivity contribution in [1.29, 1.82) is 0 Å². The van der Waals surface area contributed by atoms with Gasteiger partial charge in [-0.3, -0.25) is 9.69 Å². The van der Waals surface area contributed by atoms with Gasteiger partial charge in [0.2, 0.25) is 5.91 Å². The minimum Gasteiger partial charge on any atom is -0.465 e. The number of amides is 1. The second-order valence-electron chi connectivity index (χ2n) is 8.86. The summed E-state index contributed by atoms with van der Waals surface area (Å²) in [4.78, 5) is 28.7. The highest BCUT2D eigenvalue weighted by atomic mass is 35.5. The Morgan fingerprint density at radius 3 is 2.24 bits per heavy atom. The van der Waals surface area contributed by atoms with Crippen LogP contribution >= 0.6 is 11.6 Å². The van der Waals surface area contributed by atoms with Crippen molar-refractivity contribution in [3.63, 3.8) is 0 Å². The van der Waals surface area contributed by atoms with Gasteiger partial charge in [0.05, 0.1) is 25.4 Å². The average molecular weight is 487 g/mol. The number of rotatable bonds is 10. The number of carbonyl (C=O) groups excluding carboxylic acids is 2. The molecule has 0 spiro atoms. The molecule has 0 radical (unpaired) electrons. The highest BCUT2D eigenvalue weighted by Gasteiger charge is 2.26. The van der Waals surface area contributed by atoms with Crippen LogP contribution in [0.5, 0.6) is 0 Å². The molecule has 0 aromatic heterocycles. The molecule has 2 aromatic rings. The second kappa shape index (κ2) is 12.9. The maximum Gasteiger partial charge on any atom is 0.337 e. The summed E-state index contributed by atoms with van der Waals surface area (Å²) in [5.41, 5.74) is 2.55. The van der Waals surface area contributed by atoms with Crippen molar-refractivity contribution in [2.45, 2.75) is 39.4 Å². The number of piperazine rings is 1. The largest absolute Gasteiger partial charge is 0.465 e. The lowest BCUT2D eigenvalue weighted by atomic mass is 10.0. The Bertz CT molecular complexity index is 925. The molecule has 1 aliphatic rings. The molecule has 1 fully saturated rings. The lowest BCUT2D eigenvalue weighted by Crippen LogP contribution is -2.50. The molecule has 34 heavy (non-hydrogen) atoms. The summed E-state index contributed by atoms with van der Waals surface area (Å²) in [6.07, 6.45) is 1.82. The number of esters is 1. The van der Waals surface area contributed by atoms with E-state index in [1.54, 1.807) is 12.1 Å². The van der Waals surface area contributed by atoms with E-state index in [2.05, 4.69) is 11.8 Å². The Labute approximate surface area is 207 Å². The minimum absolute atomic E-state index is 0.0901. The zero-order chi connectivity index (χ0) is 24.5. The monoisotopic (exact) mass is 486 g/mol. The van der Waals surface area contributed by atoms with Crippen molar-refractivity contribution in [2.24, 2.45) is 5.92 Å². The second-order valence-corrected chi connectivity index (χ2v) is 9.29. The number of halogens is 1.